The number of piperidine rings is 1. The molecule has 0 amide bonds. The quantitative estimate of drug-likeness (QED) is 0.342. The van der Waals surface area contributed by atoms with Crippen molar-refractivity contribution in [2.24, 2.45) is 0 Å². The number of pyridine rings is 1. The van der Waals surface area contributed by atoms with E-state index in [9.17, 15) is 4.79 Å². The number of nitrogens with zero attached hydrogens (tertiary/aromatic N) is 4. The second-order valence-corrected chi connectivity index (χ2v) is 9.48. The van der Waals surface area contributed by atoms with Crippen LogP contribution in [0.3, 0.4) is 0 Å². The summed E-state index contributed by atoms with van der Waals surface area (Å²) in [6, 6.07) is 22.3. The highest BCUT2D eigenvalue weighted by atomic mass is 16.4. The van der Waals surface area contributed by atoms with Crippen LogP contribution in [-0.2, 0) is 13.0 Å². The fraction of sp³-hybridized carbons (Fsp3) is 0.276. The number of hydrogen-bond acceptors (Lipinski definition) is 6. The van der Waals surface area contributed by atoms with Crippen molar-refractivity contribution in [3.05, 3.63) is 101 Å². The van der Waals surface area contributed by atoms with Gasteiger partial charge in [0.2, 0.25) is 5.95 Å². The third-order valence-electron chi connectivity index (χ3n) is 7.05. The molecule has 4 heterocycles. The Morgan fingerprint density at radius 2 is 1.81 bits per heavy atom. The van der Waals surface area contributed by atoms with E-state index < -0.39 is 0 Å². The Labute approximate surface area is 214 Å². The van der Waals surface area contributed by atoms with Gasteiger partial charge in [-0.15, -0.1) is 0 Å². The van der Waals surface area contributed by atoms with Crippen molar-refractivity contribution in [2.45, 2.75) is 31.8 Å². The summed E-state index contributed by atoms with van der Waals surface area (Å²) in [7, 11) is 0. The Morgan fingerprint density at radius 1 is 1.00 bits per heavy atom. The van der Waals surface area contributed by atoms with Crippen LogP contribution in [0.2, 0.25) is 0 Å². The monoisotopic (exact) mass is 497 g/mol. The molecule has 1 fully saturated rings. The van der Waals surface area contributed by atoms with Crippen molar-refractivity contribution in [3.63, 3.8) is 0 Å². The molecule has 8 nitrogen and oxygen atoms in total. The number of imidazole rings is 1. The zero-order chi connectivity index (χ0) is 24.3. The molecular weight excluding hydrogens is 466 g/mol. The lowest BCUT2D eigenvalue weighted by atomic mass is 10.0. The van der Waals surface area contributed by atoms with E-state index in [2.05, 4.69) is 44.0 Å². The Hall–Kier alpha value is -4.01. The summed E-state index contributed by atoms with van der Waals surface area (Å²) < 4.78 is 7.75. The van der Waals surface area contributed by atoms with Crippen LogP contribution in [0.1, 0.15) is 24.0 Å². The molecule has 6 rings (SSSR count). The Balaban J connectivity index is 0.00000280. The van der Waals surface area contributed by atoms with Gasteiger partial charge in [0, 0.05) is 49.0 Å². The summed E-state index contributed by atoms with van der Waals surface area (Å²) in [4.78, 5) is 24.0. The minimum atomic E-state index is -0.224. The zero-order valence-corrected chi connectivity index (χ0v) is 20.6. The second kappa shape index (κ2) is 10.9. The number of likely N-dealkylation sites (tertiary alicyclic amines) is 1. The standard InChI is InChI=1S/C29H29N5O2.H2O/c35-28-23(18-22-7-1-4-10-27(22)36-28)11-15-33-16-12-24(13-17-33)31-29-32-25-8-2-3-9-26(25)34(29)20-21-6-5-14-30-19-21;/h1-10,14,18-19,24H,11-13,15-17,20H2,(H,31,32);1H2. The van der Waals surface area contributed by atoms with Gasteiger partial charge in [-0.1, -0.05) is 36.4 Å². The molecule has 2 aromatic carbocycles. The van der Waals surface area contributed by atoms with Crippen LogP contribution in [0, 0.1) is 0 Å². The van der Waals surface area contributed by atoms with E-state index in [4.69, 9.17) is 9.40 Å². The average Bonchev–Trinajstić information content (AvgIpc) is 3.25. The van der Waals surface area contributed by atoms with Crippen LogP contribution in [0.25, 0.3) is 22.0 Å². The summed E-state index contributed by atoms with van der Waals surface area (Å²) in [5, 5.41) is 4.70. The summed E-state index contributed by atoms with van der Waals surface area (Å²) in [5.41, 5.74) is 4.44. The Morgan fingerprint density at radius 3 is 2.65 bits per heavy atom. The van der Waals surface area contributed by atoms with E-state index in [1.807, 2.05) is 48.7 Å². The summed E-state index contributed by atoms with van der Waals surface area (Å²) in [5.74, 6) is 0.910. The fourth-order valence-corrected chi connectivity index (χ4v) is 5.06. The SMILES string of the molecule is O.O=c1oc2ccccc2cc1CCN1CCC(Nc2nc3ccccc3n2Cc2cccnc2)CC1. The van der Waals surface area contributed by atoms with Gasteiger partial charge in [0.15, 0.2) is 0 Å². The Kier molecular flexibility index (Phi) is 7.30. The molecule has 3 N–H and O–H groups in total. The Bertz CT molecular complexity index is 1540. The van der Waals surface area contributed by atoms with Gasteiger partial charge in [-0.2, -0.15) is 0 Å². The molecule has 0 radical (unpaired) electrons. The number of hydrogen-bond donors (Lipinski definition) is 1. The molecule has 0 atom stereocenters. The predicted molar refractivity (Wildman–Crippen MR) is 146 cm³/mol. The molecule has 5 aromatic rings. The predicted octanol–water partition coefficient (Wildman–Crippen LogP) is 3.88. The smallest absolute Gasteiger partial charge is 0.339 e. The first-order valence-corrected chi connectivity index (χ1v) is 12.6. The van der Waals surface area contributed by atoms with Gasteiger partial charge in [-0.25, -0.2) is 9.78 Å². The van der Waals surface area contributed by atoms with Gasteiger partial charge >= 0.3 is 5.63 Å². The molecule has 37 heavy (non-hydrogen) atoms. The molecule has 1 saturated heterocycles. The molecule has 1 aliphatic heterocycles. The minimum absolute atomic E-state index is 0. The molecule has 8 heteroatoms. The molecule has 0 bridgehead atoms. The van der Waals surface area contributed by atoms with Gasteiger partial charge in [-0.3, -0.25) is 4.98 Å². The van der Waals surface area contributed by atoms with Crippen molar-refractivity contribution in [1.29, 1.82) is 0 Å². The van der Waals surface area contributed by atoms with E-state index in [1.54, 1.807) is 6.20 Å². The van der Waals surface area contributed by atoms with Crippen LogP contribution in [0.4, 0.5) is 5.95 Å². The molecule has 0 saturated carbocycles. The van der Waals surface area contributed by atoms with Crippen LogP contribution in [0.5, 0.6) is 0 Å². The number of fused-ring (bicyclic) bond motifs is 2. The number of benzene rings is 2. The van der Waals surface area contributed by atoms with E-state index >= 15 is 0 Å². The fourth-order valence-electron chi connectivity index (χ4n) is 5.06. The van der Waals surface area contributed by atoms with E-state index in [0.29, 0.717) is 18.0 Å². The van der Waals surface area contributed by atoms with Gasteiger partial charge in [0.1, 0.15) is 5.58 Å². The van der Waals surface area contributed by atoms with Crippen LogP contribution in [-0.4, -0.2) is 50.6 Å². The highest BCUT2D eigenvalue weighted by molar-refractivity contribution is 5.79. The lowest BCUT2D eigenvalue weighted by molar-refractivity contribution is 0.220. The first-order chi connectivity index (χ1) is 17.7. The van der Waals surface area contributed by atoms with E-state index in [0.717, 1.165) is 72.5 Å². The van der Waals surface area contributed by atoms with Gasteiger partial charge in [0.25, 0.3) is 0 Å². The number of rotatable bonds is 7. The molecule has 0 aliphatic carbocycles. The summed E-state index contributed by atoms with van der Waals surface area (Å²) >= 11 is 0. The van der Waals surface area contributed by atoms with Gasteiger partial charge < -0.3 is 24.7 Å². The number of anilines is 1. The zero-order valence-electron chi connectivity index (χ0n) is 20.6. The molecule has 1 aliphatic rings. The molecule has 0 spiro atoms. The van der Waals surface area contributed by atoms with Crippen LogP contribution in [0.15, 0.2) is 88.3 Å². The number of aromatic nitrogens is 3. The first-order valence-electron chi connectivity index (χ1n) is 12.6. The highest BCUT2D eigenvalue weighted by Crippen LogP contribution is 2.24. The number of nitrogens with one attached hydrogen (secondary N) is 1. The van der Waals surface area contributed by atoms with Crippen molar-refractivity contribution >= 4 is 28.0 Å². The summed E-state index contributed by atoms with van der Waals surface area (Å²) in [6.07, 6.45) is 6.47. The van der Waals surface area contributed by atoms with Crippen molar-refractivity contribution in [1.82, 2.24) is 19.4 Å². The maximum absolute atomic E-state index is 12.4. The van der Waals surface area contributed by atoms with Gasteiger partial charge in [-0.05, 0) is 55.2 Å². The molecule has 0 unspecified atom stereocenters. The average molecular weight is 498 g/mol. The maximum Gasteiger partial charge on any atom is 0.339 e. The molecule has 3 aromatic heterocycles. The second-order valence-electron chi connectivity index (χ2n) is 9.48. The van der Waals surface area contributed by atoms with Crippen LogP contribution < -0.4 is 10.9 Å². The lowest BCUT2D eigenvalue weighted by Crippen LogP contribution is -2.40. The lowest BCUT2D eigenvalue weighted by Gasteiger charge is -2.32. The van der Waals surface area contributed by atoms with E-state index in [-0.39, 0.29) is 11.1 Å². The number of para-hydroxylation sites is 3. The van der Waals surface area contributed by atoms with E-state index in [1.165, 1.54) is 0 Å². The first kappa shape index (κ1) is 24.7. The largest absolute Gasteiger partial charge is 0.423 e. The van der Waals surface area contributed by atoms with Crippen molar-refractivity contribution in [3.8, 4) is 0 Å². The van der Waals surface area contributed by atoms with Gasteiger partial charge in [0.05, 0.1) is 17.6 Å². The maximum atomic E-state index is 12.4. The highest BCUT2D eigenvalue weighted by Gasteiger charge is 2.22. The third kappa shape index (κ3) is 5.40. The van der Waals surface area contributed by atoms with Crippen molar-refractivity contribution in [2.75, 3.05) is 25.0 Å². The van der Waals surface area contributed by atoms with Crippen molar-refractivity contribution < 1.29 is 9.89 Å². The van der Waals surface area contributed by atoms with Crippen LogP contribution >= 0.6 is 0 Å². The summed E-state index contributed by atoms with van der Waals surface area (Å²) in [6.45, 7) is 3.55. The molecular formula is C29H31N5O3. The minimum Gasteiger partial charge on any atom is -0.423 e. The normalized spacial score (nSPS) is 14.6. The topological polar surface area (TPSA) is 108 Å². The third-order valence-corrected chi connectivity index (χ3v) is 7.05. The molecule has 190 valence electrons.